The summed E-state index contributed by atoms with van der Waals surface area (Å²) in [5.41, 5.74) is 0. The van der Waals surface area contributed by atoms with Gasteiger partial charge in [-0.25, -0.2) is 0 Å². The summed E-state index contributed by atoms with van der Waals surface area (Å²) in [5, 5.41) is 9.06. The maximum Gasteiger partial charge on any atom is 0.305 e. The molecule has 1 N–H and O–H groups in total. The molecule has 0 fully saturated rings. The summed E-state index contributed by atoms with van der Waals surface area (Å²) in [5.74, 6) is 0.185. The molecule has 0 aliphatic rings. The number of ketones is 1. The lowest BCUT2D eigenvalue weighted by atomic mass is 10.1. The number of methoxy groups -OCH3 is 1. The van der Waals surface area contributed by atoms with Crippen molar-refractivity contribution in [2.24, 2.45) is 0 Å². The number of hydrogen-bond acceptors (Lipinski definition) is 6. The lowest BCUT2D eigenvalue weighted by Crippen LogP contribution is -2.33. The van der Waals surface area contributed by atoms with E-state index in [1.165, 1.54) is 51.4 Å². The van der Waals surface area contributed by atoms with Gasteiger partial charge in [-0.05, 0) is 45.4 Å². The van der Waals surface area contributed by atoms with Crippen molar-refractivity contribution in [3.05, 3.63) is 12.2 Å². The van der Waals surface area contributed by atoms with Crippen LogP contribution in [0.3, 0.4) is 0 Å². The Bertz CT molecular complexity index is 467. The quantitative estimate of drug-likeness (QED) is 0.124. The van der Waals surface area contributed by atoms with Crippen molar-refractivity contribution >= 4 is 11.8 Å². The number of carbonyl (C=O) groups is 2. The highest BCUT2D eigenvalue weighted by molar-refractivity contribution is 5.75. The Balaban J connectivity index is 3.40. The maximum absolute atomic E-state index is 11.8. The van der Waals surface area contributed by atoms with Crippen LogP contribution in [0.25, 0.3) is 0 Å². The van der Waals surface area contributed by atoms with Gasteiger partial charge < -0.3 is 19.4 Å². The summed E-state index contributed by atoms with van der Waals surface area (Å²) in [7, 11) is 1.65. The molecule has 0 atom stereocenters. The van der Waals surface area contributed by atoms with Gasteiger partial charge in [0.2, 0.25) is 0 Å². The molecule has 32 heavy (non-hydrogen) atoms. The number of ether oxygens (including phenoxy) is 2. The predicted octanol–water partition coefficient (Wildman–Crippen LogP) is 5.08. The topological polar surface area (TPSA) is 76.1 Å². The van der Waals surface area contributed by atoms with Crippen LogP contribution in [0.15, 0.2) is 12.2 Å². The number of Topliss-reactive ketones (excluding diaryl/α,β-unsaturated/α-hetero) is 1. The van der Waals surface area contributed by atoms with Crippen molar-refractivity contribution in [3.63, 3.8) is 0 Å². The van der Waals surface area contributed by atoms with E-state index in [2.05, 4.69) is 12.2 Å². The largest absolute Gasteiger partial charge is 0.464 e. The third kappa shape index (κ3) is 23.4. The third-order valence-corrected chi connectivity index (χ3v) is 5.52. The van der Waals surface area contributed by atoms with Crippen molar-refractivity contribution in [1.82, 2.24) is 4.90 Å². The highest BCUT2D eigenvalue weighted by Crippen LogP contribution is 2.10. The second kappa shape index (κ2) is 24.4. The fourth-order valence-corrected chi connectivity index (χ4v) is 3.52. The summed E-state index contributed by atoms with van der Waals surface area (Å²) < 4.78 is 10.3. The monoisotopic (exact) mass is 455 g/mol. The van der Waals surface area contributed by atoms with Crippen LogP contribution < -0.4 is 0 Å². The van der Waals surface area contributed by atoms with Crippen LogP contribution in [0.2, 0.25) is 0 Å². The van der Waals surface area contributed by atoms with E-state index in [1.54, 1.807) is 14.0 Å². The van der Waals surface area contributed by atoms with Crippen LogP contribution in [0.5, 0.6) is 0 Å². The molecule has 0 saturated carbocycles. The Morgan fingerprint density at radius 2 is 1.28 bits per heavy atom. The molecule has 0 aliphatic carbocycles. The molecule has 0 heterocycles. The summed E-state index contributed by atoms with van der Waals surface area (Å²) in [6.07, 6.45) is 19.7. The number of nitrogens with zero attached hydrogens (tertiary/aromatic N) is 1. The van der Waals surface area contributed by atoms with Gasteiger partial charge >= 0.3 is 5.97 Å². The molecule has 0 spiro atoms. The number of allylic oxidation sites excluding steroid dienone is 2. The molecule has 0 aromatic carbocycles. The summed E-state index contributed by atoms with van der Waals surface area (Å²) in [6.45, 7) is 4.67. The standard InChI is InChI=1S/C26H49NO5/c1-25(29)17-15-13-11-9-7-5-3-4-6-8-10-12-14-16-18-26(30)32-24-21-27(19-22-28)20-23-31-2/h3-4,28H,5-24H2,1-2H3/b4-3+. The van der Waals surface area contributed by atoms with E-state index in [0.29, 0.717) is 38.5 Å². The van der Waals surface area contributed by atoms with Crippen LogP contribution in [-0.2, 0) is 19.1 Å². The highest BCUT2D eigenvalue weighted by atomic mass is 16.5. The molecule has 6 heteroatoms. The number of aliphatic hydroxyl groups excluding tert-OH is 1. The van der Waals surface area contributed by atoms with E-state index in [9.17, 15) is 9.59 Å². The minimum absolute atomic E-state index is 0.0947. The molecule has 0 aliphatic heterocycles. The van der Waals surface area contributed by atoms with E-state index < -0.39 is 0 Å². The lowest BCUT2D eigenvalue weighted by molar-refractivity contribution is -0.144. The zero-order chi connectivity index (χ0) is 23.7. The Morgan fingerprint density at radius 3 is 1.84 bits per heavy atom. The van der Waals surface area contributed by atoms with Gasteiger partial charge in [0.15, 0.2) is 0 Å². The molecule has 0 radical (unpaired) electrons. The average molecular weight is 456 g/mol. The fourth-order valence-electron chi connectivity index (χ4n) is 3.52. The SMILES string of the molecule is COCCN(CCO)CCOC(=O)CCCCCCC/C=C/CCCCCCCC(C)=O. The van der Waals surface area contributed by atoms with E-state index in [-0.39, 0.29) is 12.6 Å². The molecular formula is C26H49NO5. The van der Waals surface area contributed by atoms with Crippen LogP contribution >= 0.6 is 0 Å². The van der Waals surface area contributed by atoms with E-state index in [1.807, 2.05) is 4.90 Å². The zero-order valence-corrected chi connectivity index (χ0v) is 20.8. The lowest BCUT2D eigenvalue weighted by Gasteiger charge is -2.20. The maximum atomic E-state index is 11.8. The molecule has 0 rings (SSSR count). The molecule has 0 aromatic heterocycles. The molecule has 0 amide bonds. The van der Waals surface area contributed by atoms with Gasteiger partial charge in [-0.3, -0.25) is 9.69 Å². The molecular weight excluding hydrogens is 406 g/mol. The van der Waals surface area contributed by atoms with E-state index in [4.69, 9.17) is 14.6 Å². The Morgan fingerprint density at radius 1 is 0.750 bits per heavy atom. The van der Waals surface area contributed by atoms with E-state index in [0.717, 1.165) is 38.6 Å². The molecule has 6 nitrogen and oxygen atoms in total. The van der Waals surface area contributed by atoms with Gasteiger partial charge in [-0.2, -0.15) is 0 Å². The Kier molecular flexibility index (Phi) is 23.5. The Labute approximate surface area is 196 Å². The smallest absolute Gasteiger partial charge is 0.305 e. The number of hydrogen-bond donors (Lipinski definition) is 1. The first-order valence-corrected chi connectivity index (χ1v) is 12.7. The molecule has 0 unspecified atom stereocenters. The summed E-state index contributed by atoms with van der Waals surface area (Å²) >= 11 is 0. The van der Waals surface area contributed by atoms with Gasteiger partial charge in [0.1, 0.15) is 12.4 Å². The summed E-state index contributed by atoms with van der Waals surface area (Å²) in [4.78, 5) is 24.7. The minimum atomic E-state index is -0.123. The van der Waals surface area contributed by atoms with Gasteiger partial charge in [-0.15, -0.1) is 0 Å². The normalized spacial score (nSPS) is 11.5. The van der Waals surface area contributed by atoms with Gasteiger partial charge in [0.25, 0.3) is 0 Å². The van der Waals surface area contributed by atoms with Gasteiger partial charge in [0, 0.05) is 39.6 Å². The van der Waals surface area contributed by atoms with Crippen molar-refractivity contribution < 1.29 is 24.2 Å². The highest BCUT2D eigenvalue weighted by Gasteiger charge is 2.07. The first kappa shape index (κ1) is 30.8. The van der Waals surface area contributed by atoms with Crippen LogP contribution in [-0.4, -0.2) is 68.3 Å². The second-order valence-electron chi connectivity index (χ2n) is 8.56. The van der Waals surface area contributed by atoms with Gasteiger partial charge in [-0.1, -0.05) is 50.7 Å². The number of carbonyl (C=O) groups excluding carboxylic acids is 2. The van der Waals surface area contributed by atoms with Crippen LogP contribution in [0.4, 0.5) is 0 Å². The van der Waals surface area contributed by atoms with Crippen molar-refractivity contribution in [2.75, 3.05) is 46.6 Å². The third-order valence-electron chi connectivity index (χ3n) is 5.52. The molecule has 0 bridgehead atoms. The van der Waals surface area contributed by atoms with E-state index >= 15 is 0 Å². The second-order valence-corrected chi connectivity index (χ2v) is 8.56. The van der Waals surface area contributed by atoms with Crippen LogP contribution in [0, 0.1) is 0 Å². The Hall–Kier alpha value is -1.24. The average Bonchev–Trinajstić information content (AvgIpc) is 2.77. The van der Waals surface area contributed by atoms with Crippen molar-refractivity contribution in [3.8, 4) is 0 Å². The number of esters is 1. The first-order chi connectivity index (χ1) is 15.6. The van der Waals surface area contributed by atoms with Gasteiger partial charge in [0.05, 0.1) is 13.2 Å². The minimum Gasteiger partial charge on any atom is -0.464 e. The number of rotatable bonds is 24. The molecule has 0 aromatic rings. The predicted molar refractivity (Wildman–Crippen MR) is 131 cm³/mol. The number of unbranched alkanes of at least 4 members (excludes halogenated alkanes) is 10. The molecule has 188 valence electrons. The molecule has 0 saturated heterocycles. The summed E-state index contributed by atoms with van der Waals surface area (Å²) in [6, 6.07) is 0. The first-order valence-electron chi connectivity index (χ1n) is 12.7. The fraction of sp³-hybridized carbons (Fsp3) is 0.846. The van der Waals surface area contributed by atoms with Crippen LogP contribution in [0.1, 0.15) is 96.8 Å². The van der Waals surface area contributed by atoms with Crippen molar-refractivity contribution in [1.29, 1.82) is 0 Å². The van der Waals surface area contributed by atoms with Crippen molar-refractivity contribution in [2.45, 2.75) is 96.8 Å². The zero-order valence-electron chi connectivity index (χ0n) is 20.8. The number of aliphatic hydroxyl groups is 1.